The van der Waals surface area contributed by atoms with Crippen LogP contribution in [-0.2, 0) is 14.1 Å². The third-order valence-electron chi connectivity index (χ3n) is 10.8. The Labute approximate surface area is 407 Å². The average molecular weight is 1000 g/mol. The van der Waals surface area contributed by atoms with Crippen molar-refractivity contribution in [3.8, 4) is 45.3 Å². The maximum atomic E-state index is 13.3. The topological polar surface area (TPSA) is 226 Å². The number of aromatic nitrogens is 6. The van der Waals surface area contributed by atoms with Crippen molar-refractivity contribution in [3.05, 3.63) is 135 Å². The first-order chi connectivity index (χ1) is 32.4. The van der Waals surface area contributed by atoms with E-state index < -0.39 is 10.5 Å². The molecule has 0 aliphatic carbocycles. The molecule has 0 amide bonds. The van der Waals surface area contributed by atoms with Gasteiger partial charge in [-0.2, -0.15) is 9.97 Å². The highest BCUT2D eigenvalue weighted by atomic mass is 35.5. The number of nitro groups is 1. The molecule has 0 spiro atoms. The number of ether oxygens (including phenoxy) is 4. The maximum absolute atomic E-state index is 13.3. The lowest BCUT2D eigenvalue weighted by molar-refractivity contribution is -0.384. The zero-order valence-electron chi connectivity index (χ0n) is 37.4. The van der Waals surface area contributed by atoms with Crippen LogP contribution in [0.1, 0.15) is 11.1 Å². The number of pyridine rings is 2. The van der Waals surface area contributed by atoms with E-state index in [4.69, 9.17) is 71.1 Å². The van der Waals surface area contributed by atoms with Gasteiger partial charge >= 0.3 is 0 Å². The molecule has 0 saturated carbocycles. The number of methoxy groups -OCH3 is 4. The summed E-state index contributed by atoms with van der Waals surface area (Å²) in [4.78, 5) is 55.3. The fourth-order valence-corrected chi connectivity index (χ4v) is 8.68. The second-order valence-corrected chi connectivity index (χ2v) is 16.4. The lowest BCUT2D eigenvalue weighted by atomic mass is 10.0. The van der Waals surface area contributed by atoms with Crippen LogP contribution < -0.4 is 46.4 Å². The molecule has 0 aliphatic rings. The molecule has 68 heavy (non-hydrogen) atoms. The van der Waals surface area contributed by atoms with E-state index in [2.05, 4.69) is 30.6 Å². The summed E-state index contributed by atoms with van der Waals surface area (Å²) in [6.07, 6.45) is 3.11. The zero-order valence-corrected chi connectivity index (χ0v) is 40.4. The van der Waals surface area contributed by atoms with Crippen LogP contribution in [0.15, 0.2) is 82.6 Å². The van der Waals surface area contributed by atoms with E-state index in [1.165, 1.54) is 55.9 Å². The van der Waals surface area contributed by atoms with Crippen LogP contribution in [0, 0.1) is 24.0 Å². The number of halogens is 4. The van der Waals surface area contributed by atoms with Gasteiger partial charge in [-0.05, 0) is 43.2 Å². The van der Waals surface area contributed by atoms with Crippen molar-refractivity contribution in [2.45, 2.75) is 13.8 Å². The van der Waals surface area contributed by atoms with E-state index in [9.17, 15) is 19.7 Å². The number of hydrogen-bond donors (Lipinski definition) is 3. The molecular weight excluding hydrogens is 962 g/mol. The van der Waals surface area contributed by atoms with Crippen LogP contribution in [0.3, 0.4) is 0 Å². The van der Waals surface area contributed by atoms with Gasteiger partial charge in [0.15, 0.2) is 0 Å². The van der Waals surface area contributed by atoms with Gasteiger partial charge in [-0.25, -0.2) is 9.97 Å². The Hall–Kier alpha value is -7.38. The van der Waals surface area contributed by atoms with Gasteiger partial charge in [0.05, 0.1) is 76.0 Å². The first-order valence-corrected chi connectivity index (χ1v) is 21.5. The molecular formula is C46H40Cl4N10O8. The van der Waals surface area contributed by atoms with Crippen molar-refractivity contribution in [3.63, 3.8) is 0 Å². The van der Waals surface area contributed by atoms with Crippen LogP contribution >= 0.6 is 46.4 Å². The summed E-state index contributed by atoms with van der Waals surface area (Å²) in [5.41, 5.74) is 10.1. The Morgan fingerprint density at radius 3 is 1.38 bits per heavy atom. The third-order valence-corrected chi connectivity index (χ3v) is 12.3. The number of hydrogen-bond acceptors (Lipinski definition) is 15. The monoisotopic (exact) mass is 1000 g/mol. The molecule has 0 bridgehead atoms. The Kier molecular flexibility index (Phi) is 14.2. The highest BCUT2D eigenvalue weighted by molar-refractivity contribution is 6.42. The average Bonchev–Trinajstić information content (AvgIpc) is 3.32. The number of fused-ring (bicyclic) bond motifs is 2. The Bertz CT molecular complexity index is 3380. The normalized spacial score (nSPS) is 10.9. The van der Waals surface area contributed by atoms with Crippen molar-refractivity contribution < 1.29 is 23.9 Å². The van der Waals surface area contributed by atoms with Gasteiger partial charge in [0.2, 0.25) is 11.9 Å². The molecule has 8 rings (SSSR count). The molecule has 0 atom stereocenters. The van der Waals surface area contributed by atoms with Crippen LogP contribution in [0.25, 0.3) is 44.3 Å². The largest absolute Gasteiger partial charge is 0.495 e. The molecule has 0 radical (unpaired) electrons. The van der Waals surface area contributed by atoms with Crippen molar-refractivity contribution >= 4 is 103 Å². The predicted molar refractivity (Wildman–Crippen MR) is 267 cm³/mol. The minimum Gasteiger partial charge on any atom is -0.495 e. The number of nitrogens with one attached hydrogen (secondary N) is 2. The zero-order chi connectivity index (χ0) is 49.3. The molecule has 0 unspecified atom stereocenters. The molecule has 350 valence electrons. The third kappa shape index (κ3) is 9.05. The number of rotatable bonds is 11. The molecule has 4 N–H and O–H groups in total. The van der Waals surface area contributed by atoms with E-state index in [1.54, 1.807) is 63.6 Å². The molecule has 22 heteroatoms. The van der Waals surface area contributed by atoms with E-state index in [0.29, 0.717) is 73.5 Å². The number of nitro benzene ring substituents is 1. The van der Waals surface area contributed by atoms with E-state index in [0.717, 1.165) is 5.56 Å². The Morgan fingerprint density at radius 2 is 1.00 bits per heavy atom. The number of nitrogens with zero attached hydrogens (tertiary/aromatic N) is 7. The summed E-state index contributed by atoms with van der Waals surface area (Å²) in [5, 5.41) is 19.3. The quantitative estimate of drug-likeness (QED) is 0.0622. The highest BCUT2D eigenvalue weighted by Gasteiger charge is 2.25. The van der Waals surface area contributed by atoms with Crippen LogP contribution in [0.4, 0.5) is 34.6 Å². The van der Waals surface area contributed by atoms with Gasteiger partial charge < -0.3 is 35.3 Å². The van der Waals surface area contributed by atoms with Gasteiger partial charge in [-0.3, -0.25) is 28.8 Å². The molecule has 0 saturated heterocycles. The standard InChI is InChI=1S/C23H19Cl2N5O5.C23H21Cl2N5O3/c1-11-6-5-7-14(30(32)33)20(11)27-23-26-10-12-8-13(22(31)29(2)21(12)28-23)17-18(24)15(34-3)9-16(35-4)19(17)25;1-11-6-5-7-14(26)20(11)28-23-27-10-12-8-13(22(31)30(2)21(12)29-23)17-18(24)15(32-3)9-16(33-4)19(17)25/h5-10H,1-4H3,(H,26,27,28);5-10H,26H2,1-4H3,(H,27,28,29). The molecule has 0 aliphatic heterocycles. The van der Waals surface area contributed by atoms with Crippen LogP contribution in [0.5, 0.6) is 23.0 Å². The molecule has 8 aromatic rings. The van der Waals surface area contributed by atoms with Crippen molar-refractivity contribution in [1.29, 1.82) is 0 Å². The molecule has 0 fully saturated rings. The predicted octanol–water partition coefficient (Wildman–Crippen LogP) is 10.2. The Morgan fingerprint density at radius 1 is 0.618 bits per heavy atom. The van der Waals surface area contributed by atoms with Crippen molar-refractivity contribution in [2.24, 2.45) is 14.1 Å². The number of nitrogen functional groups attached to an aromatic ring is 1. The van der Waals surface area contributed by atoms with Gasteiger partial charge in [-0.15, -0.1) is 0 Å². The second kappa shape index (κ2) is 19.8. The molecule has 4 heterocycles. The number of aryl methyl sites for hydroxylation is 4. The minimum absolute atomic E-state index is 0.0942. The van der Waals surface area contributed by atoms with Gasteiger partial charge in [0.25, 0.3) is 16.8 Å². The number of nitrogens with two attached hydrogens (primary N) is 1. The van der Waals surface area contributed by atoms with E-state index in [1.807, 2.05) is 19.1 Å². The fraction of sp³-hybridized carbons (Fsp3) is 0.174. The first-order valence-electron chi connectivity index (χ1n) is 20.0. The second-order valence-electron chi connectivity index (χ2n) is 14.9. The maximum Gasteiger partial charge on any atom is 0.293 e. The SMILES string of the molecule is COc1cc(OC)c(Cl)c(-c2cc3cnc(Nc4c(C)cccc4N)nc3n(C)c2=O)c1Cl.COc1cc(OC)c(Cl)c(-c2cc3cnc(Nc4c(C)cccc4[N+](=O)[O-])nc3n(C)c2=O)c1Cl. The van der Waals surface area contributed by atoms with Gasteiger partial charge in [0.1, 0.15) is 40.0 Å². The number of para-hydroxylation sites is 2. The van der Waals surface area contributed by atoms with E-state index >= 15 is 0 Å². The summed E-state index contributed by atoms with van der Waals surface area (Å²) < 4.78 is 24.0. The summed E-state index contributed by atoms with van der Waals surface area (Å²) in [7, 11) is 8.99. The van der Waals surface area contributed by atoms with E-state index in [-0.39, 0.29) is 59.7 Å². The summed E-state index contributed by atoms with van der Waals surface area (Å²) in [5.74, 6) is 1.66. The first kappa shape index (κ1) is 48.6. The molecule has 4 aromatic carbocycles. The fourth-order valence-electron chi connectivity index (χ4n) is 7.27. The smallest absolute Gasteiger partial charge is 0.293 e. The summed E-state index contributed by atoms with van der Waals surface area (Å²) in [6.45, 7) is 3.66. The number of anilines is 5. The van der Waals surface area contributed by atoms with Crippen molar-refractivity contribution in [2.75, 3.05) is 44.8 Å². The molecule has 4 aromatic heterocycles. The van der Waals surface area contributed by atoms with Gasteiger partial charge in [-0.1, -0.05) is 70.7 Å². The highest BCUT2D eigenvalue weighted by Crippen LogP contribution is 2.47. The minimum atomic E-state index is -0.492. The molecule has 18 nitrogen and oxygen atoms in total. The van der Waals surface area contributed by atoms with Crippen LogP contribution in [-0.4, -0.2) is 62.4 Å². The lowest BCUT2D eigenvalue weighted by Gasteiger charge is -2.16. The van der Waals surface area contributed by atoms with Crippen LogP contribution in [0.2, 0.25) is 20.1 Å². The van der Waals surface area contributed by atoms with Crippen molar-refractivity contribution in [1.82, 2.24) is 29.1 Å². The number of benzene rings is 4. The Balaban J connectivity index is 0.000000202. The lowest BCUT2D eigenvalue weighted by Crippen LogP contribution is -2.20. The summed E-state index contributed by atoms with van der Waals surface area (Å²) >= 11 is 26.1. The van der Waals surface area contributed by atoms with Gasteiger partial charge in [0, 0.05) is 66.6 Å². The summed E-state index contributed by atoms with van der Waals surface area (Å²) in [6, 6.07) is 16.6.